The summed E-state index contributed by atoms with van der Waals surface area (Å²) in [5, 5.41) is 19.8. The van der Waals surface area contributed by atoms with Crippen LogP contribution in [0.1, 0.15) is 21.5 Å². The summed E-state index contributed by atoms with van der Waals surface area (Å²) in [4.78, 5) is 34.7. The quantitative estimate of drug-likeness (QED) is 0.609. The van der Waals surface area contributed by atoms with Gasteiger partial charge < -0.3 is 9.84 Å². The van der Waals surface area contributed by atoms with Crippen LogP contribution in [0.15, 0.2) is 48.5 Å². The normalized spacial score (nSPS) is 10.1. The molecule has 8 nitrogen and oxygen atoms in total. The highest BCUT2D eigenvalue weighted by Crippen LogP contribution is 2.23. The number of hydrogen-bond acceptors (Lipinski definition) is 5. The first-order chi connectivity index (χ1) is 11.9. The standard InChI is InChI=1S/C17H16N2O6/c1-12-7-8-15(25-11-16(20)21)14(9-12)17(22)18(19(23)24)10-13-5-3-2-4-6-13/h2-9H,10-11H2,1H3,(H,20,21). The van der Waals surface area contributed by atoms with Gasteiger partial charge in [-0.25, -0.2) is 14.9 Å². The van der Waals surface area contributed by atoms with Crippen LogP contribution >= 0.6 is 0 Å². The van der Waals surface area contributed by atoms with Gasteiger partial charge >= 0.3 is 11.9 Å². The molecule has 1 N–H and O–H groups in total. The largest absolute Gasteiger partial charge is 0.481 e. The number of carbonyl (C=O) groups is 2. The molecule has 25 heavy (non-hydrogen) atoms. The molecule has 0 saturated carbocycles. The van der Waals surface area contributed by atoms with Gasteiger partial charge in [-0.1, -0.05) is 47.0 Å². The zero-order valence-electron chi connectivity index (χ0n) is 13.4. The number of benzene rings is 2. The molecule has 1 amide bonds. The molecule has 2 aromatic rings. The maximum absolute atomic E-state index is 12.7. The lowest BCUT2D eigenvalue weighted by Crippen LogP contribution is -2.36. The van der Waals surface area contributed by atoms with Crippen molar-refractivity contribution in [1.82, 2.24) is 5.01 Å². The van der Waals surface area contributed by atoms with Crippen LogP contribution in [0.5, 0.6) is 5.75 Å². The minimum atomic E-state index is -1.21. The Bertz CT molecular complexity index is 791. The first-order valence-corrected chi connectivity index (χ1v) is 7.34. The van der Waals surface area contributed by atoms with Gasteiger partial charge in [0.1, 0.15) is 12.3 Å². The predicted octanol–water partition coefficient (Wildman–Crippen LogP) is 2.29. The number of hydrazine groups is 1. The molecule has 0 aliphatic heterocycles. The van der Waals surface area contributed by atoms with E-state index < -0.39 is 23.5 Å². The first-order valence-electron chi connectivity index (χ1n) is 7.34. The van der Waals surface area contributed by atoms with E-state index in [1.54, 1.807) is 43.3 Å². The Morgan fingerprint density at radius 1 is 1.20 bits per heavy atom. The van der Waals surface area contributed by atoms with E-state index in [1.165, 1.54) is 12.1 Å². The van der Waals surface area contributed by atoms with Crippen LogP contribution in [0.25, 0.3) is 0 Å². The Balaban J connectivity index is 2.33. The fourth-order valence-corrected chi connectivity index (χ4v) is 2.18. The number of aryl methyl sites for hydroxylation is 1. The number of hydrogen-bond donors (Lipinski definition) is 1. The molecule has 0 atom stereocenters. The molecule has 8 heteroatoms. The topological polar surface area (TPSA) is 110 Å². The van der Waals surface area contributed by atoms with Gasteiger partial charge in [0, 0.05) is 0 Å². The Morgan fingerprint density at radius 3 is 2.48 bits per heavy atom. The SMILES string of the molecule is Cc1ccc(OCC(=O)O)c(C(=O)N(Cc2ccccc2)[N+](=O)[O-])c1. The molecule has 0 fully saturated rings. The van der Waals surface area contributed by atoms with Crippen molar-refractivity contribution in [1.29, 1.82) is 0 Å². The van der Waals surface area contributed by atoms with Gasteiger partial charge in [0.05, 0.1) is 5.56 Å². The molecule has 2 rings (SSSR count). The van der Waals surface area contributed by atoms with Crippen LogP contribution in [-0.4, -0.2) is 33.6 Å². The van der Waals surface area contributed by atoms with Gasteiger partial charge in [-0.3, -0.25) is 4.79 Å². The van der Waals surface area contributed by atoms with E-state index in [9.17, 15) is 19.7 Å². The van der Waals surface area contributed by atoms with E-state index in [2.05, 4.69) is 0 Å². The molecule has 0 unspecified atom stereocenters. The van der Waals surface area contributed by atoms with E-state index in [0.717, 1.165) is 0 Å². The van der Waals surface area contributed by atoms with Crippen molar-refractivity contribution >= 4 is 11.9 Å². The minimum Gasteiger partial charge on any atom is -0.481 e. The van der Waals surface area contributed by atoms with Crippen molar-refractivity contribution in [2.75, 3.05) is 6.61 Å². The van der Waals surface area contributed by atoms with Crippen LogP contribution in [0.2, 0.25) is 0 Å². The number of ether oxygens (including phenoxy) is 1. The van der Waals surface area contributed by atoms with E-state index in [-0.39, 0.29) is 17.9 Å². The van der Waals surface area contributed by atoms with Gasteiger partial charge in [0.15, 0.2) is 11.6 Å². The smallest absolute Gasteiger partial charge is 0.341 e. The molecule has 0 aliphatic carbocycles. The second-order valence-electron chi connectivity index (χ2n) is 5.27. The number of carboxylic acid groups (broad SMARTS) is 1. The van der Waals surface area contributed by atoms with Gasteiger partial charge in [-0.15, -0.1) is 0 Å². The zero-order chi connectivity index (χ0) is 18.4. The number of carboxylic acids is 1. The van der Waals surface area contributed by atoms with E-state index in [0.29, 0.717) is 16.1 Å². The maximum atomic E-state index is 12.7. The van der Waals surface area contributed by atoms with Crippen LogP contribution in [0.4, 0.5) is 0 Å². The summed E-state index contributed by atoms with van der Waals surface area (Å²) in [5.41, 5.74) is 1.22. The van der Waals surface area contributed by atoms with Crippen molar-refractivity contribution in [3.8, 4) is 5.75 Å². The fraction of sp³-hybridized carbons (Fsp3) is 0.176. The molecule has 130 valence electrons. The van der Waals surface area contributed by atoms with Gasteiger partial charge in [0.25, 0.3) is 0 Å². The van der Waals surface area contributed by atoms with Crippen molar-refractivity contribution in [2.45, 2.75) is 13.5 Å². The molecule has 0 aliphatic rings. The van der Waals surface area contributed by atoms with E-state index >= 15 is 0 Å². The Kier molecular flexibility index (Phi) is 5.67. The molecule has 0 radical (unpaired) electrons. The van der Waals surface area contributed by atoms with Gasteiger partial charge in [-0.05, 0) is 24.6 Å². The predicted molar refractivity (Wildman–Crippen MR) is 87.6 cm³/mol. The van der Waals surface area contributed by atoms with Gasteiger partial charge in [0.2, 0.25) is 0 Å². The summed E-state index contributed by atoms with van der Waals surface area (Å²) in [6, 6.07) is 13.0. The monoisotopic (exact) mass is 344 g/mol. The highest BCUT2D eigenvalue weighted by atomic mass is 16.7. The molecular weight excluding hydrogens is 328 g/mol. The molecular formula is C17H16N2O6. The number of nitro groups is 1. The Morgan fingerprint density at radius 2 is 1.88 bits per heavy atom. The number of nitrogens with zero attached hydrogens (tertiary/aromatic N) is 2. The number of amides is 1. The van der Waals surface area contributed by atoms with E-state index in [4.69, 9.17) is 9.84 Å². The maximum Gasteiger partial charge on any atom is 0.341 e. The van der Waals surface area contributed by atoms with Crippen molar-refractivity contribution in [3.63, 3.8) is 0 Å². The highest BCUT2D eigenvalue weighted by Gasteiger charge is 2.29. The van der Waals surface area contributed by atoms with Crippen molar-refractivity contribution in [2.24, 2.45) is 0 Å². The average molecular weight is 344 g/mol. The number of rotatable bonds is 7. The highest BCUT2D eigenvalue weighted by molar-refractivity contribution is 5.96. The lowest BCUT2D eigenvalue weighted by atomic mass is 10.1. The number of carbonyl (C=O) groups excluding carboxylic acids is 1. The lowest BCUT2D eigenvalue weighted by Gasteiger charge is -2.15. The van der Waals surface area contributed by atoms with Crippen LogP contribution in [0.3, 0.4) is 0 Å². The summed E-state index contributed by atoms with van der Waals surface area (Å²) in [6.45, 7) is 0.838. The second-order valence-corrected chi connectivity index (χ2v) is 5.27. The van der Waals surface area contributed by atoms with Crippen LogP contribution < -0.4 is 4.74 Å². The van der Waals surface area contributed by atoms with Crippen molar-refractivity contribution in [3.05, 3.63) is 75.3 Å². The minimum absolute atomic E-state index is 0.0158. The van der Waals surface area contributed by atoms with Crippen molar-refractivity contribution < 1.29 is 24.5 Å². The third kappa shape index (κ3) is 4.77. The number of aliphatic carboxylic acids is 1. The van der Waals surface area contributed by atoms with E-state index in [1.807, 2.05) is 0 Å². The Hall–Kier alpha value is -3.42. The lowest BCUT2D eigenvalue weighted by molar-refractivity contribution is -0.635. The fourth-order valence-electron chi connectivity index (χ4n) is 2.18. The molecule has 0 saturated heterocycles. The summed E-state index contributed by atoms with van der Waals surface area (Å²) in [7, 11) is 0. The molecule has 0 heterocycles. The summed E-state index contributed by atoms with van der Waals surface area (Å²) >= 11 is 0. The first kappa shape index (κ1) is 17.9. The zero-order valence-corrected chi connectivity index (χ0v) is 13.4. The Labute approximate surface area is 143 Å². The van der Waals surface area contributed by atoms with Gasteiger partial charge in [-0.2, -0.15) is 0 Å². The third-order valence-corrected chi connectivity index (χ3v) is 3.32. The molecule has 0 bridgehead atoms. The molecule has 2 aromatic carbocycles. The third-order valence-electron chi connectivity index (χ3n) is 3.32. The summed E-state index contributed by atoms with van der Waals surface area (Å²) in [6.07, 6.45) is 0. The summed E-state index contributed by atoms with van der Waals surface area (Å²) < 4.78 is 5.09. The average Bonchev–Trinajstić information content (AvgIpc) is 2.58. The van der Waals surface area contributed by atoms with Crippen LogP contribution in [-0.2, 0) is 11.3 Å². The van der Waals surface area contributed by atoms with Crippen LogP contribution in [0, 0.1) is 17.0 Å². The summed E-state index contributed by atoms with van der Waals surface area (Å²) in [5.74, 6) is -2.11. The second kappa shape index (κ2) is 7.91. The molecule has 0 aromatic heterocycles. The molecule has 0 spiro atoms.